The molecule has 2 aromatic carbocycles. The van der Waals surface area contributed by atoms with Crippen LogP contribution in [0.2, 0.25) is 5.02 Å². The zero-order valence-corrected chi connectivity index (χ0v) is 14.0. The molecule has 0 aliphatic carbocycles. The first kappa shape index (κ1) is 14.4. The van der Waals surface area contributed by atoms with E-state index in [0.29, 0.717) is 0 Å². The van der Waals surface area contributed by atoms with E-state index in [9.17, 15) is 0 Å². The molecule has 0 unspecified atom stereocenters. The van der Waals surface area contributed by atoms with Crippen LogP contribution in [-0.4, -0.2) is 9.97 Å². The van der Waals surface area contributed by atoms with Gasteiger partial charge in [0.2, 0.25) is 0 Å². The number of thiazole rings is 2. The van der Waals surface area contributed by atoms with Crippen molar-refractivity contribution in [2.24, 2.45) is 0 Å². The van der Waals surface area contributed by atoms with Crippen LogP contribution in [0.4, 0.5) is 0 Å². The maximum atomic E-state index is 5.81. The van der Waals surface area contributed by atoms with Crippen LogP contribution in [0.5, 0.6) is 0 Å². The predicted octanol–water partition coefficient (Wildman–Crippen LogP) is 5.86. The molecule has 0 saturated carbocycles. The third-order valence-corrected chi connectivity index (χ3v) is 4.98. The summed E-state index contributed by atoms with van der Waals surface area (Å²) in [6, 6.07) is 14.0. The van der Waals surface area contributed by atoms with Gasteiger partial charge in [-0.2, -0.15) is 0 Å². The van der Waals surface area contributed by atoms with Gasteiger partial charge in [-0.05, 0) is 44.2 Å². The van der Waals surface area contributed by atoms with Crippen LogP contribution in [0.25, 0.3) is 20.4 Å². The minimum atomic E-state index is 0.779. The number of para-hydroxylation sites is 1. The Kier molecular flexibility index (Phi) is 4.19. The highest BCUT2D eigenvalue weighted by Crippen LogP contribution is 2.24. The van der Waals surface area contributed by atoms with Crippen LogP contribution in [-0.2, 0) is 0 Å². The minimum absolute atomic E-state index is 0.779. The molecule has 106 valence electrons. The number of halogens is 1. The second-order valence-corrected chi connectivity index (χ2v) is 7.45. The lowest BCUT2D eigenvalue weighted by molar-refractivity contribution is 1.35. The summed E-state index contributed by atoms with van der Waals surface area (Å²) in [5.41, 5.74) is 2.15. The molecule has 4 rings (SSSR count). The highest BCUT2D eigenvalue weighted by atomic mass is 35.5. The summed E-state index contributed by atoms with van der Waals surface area (Å²) in [7, 11) is 0. The Bertz CT molecular complexity index is 862. The second kappa shape index (κ2) is 6.10. The molecule has 5 heteroatoms. The van der Waals surface area contributed by atoms with E-state index in [1.165, 1.54) is 4.70 Å². The molecule has 0 aliphatic rings. The van der Waals surface area contributed by atoms with E-state index in [4.69, 9.17) is 11.6 Å². The van der Waals surface area contributed by atoms with Gasteiger partial charge in [0.15, 0.2) is 0 Å². The summed E-state index contributed by atoms with van der Waals surface area (Å²) >= 11 is 9.22. The first-order chi connectivity index (χ1) is 10.1. The van der Waals surface area contributed by atoms with Gasteiger partial charge in [-0.1, -0.05) is 23.7 Å². The van der Waals surface area contributed by atoms with E-state index in [0.717, 1.165) is 30.8 Å². The van der Waals surface area contributed by atoms with Crippen molar-refractivity contribution in [3.63, 3.8) is 0 Å². The molecule has 0 aliphatic heterocycles. The lowest BCUT2D eigenvalue weighted by atomic mass is 10.3. The molecule has 21 heavy (non-hydrogen) atoms. The SMILES string of the molecule is Cc1nc2ccc(Cl)cc2s1.Cc1nc2ccccc2s1. The van der Waals surface area contributed by atoms with Crippen LogP contribution in [0, 0.1) is 13.8 Å². The predicted molar refractivity (Wildman–Crippen MR) is 93.7 cm³/mol. The molecule has 0 spiro atoms. The largest absolute Gasteiger partial charge is 0.242 e. The van der Waals surface area contributed by atoms with Crippen molar-refractivity contribution in [2.45, 2.75) is 13.8 Å². The van der Waals surface area contributed by atoms with Crippen molar-refractivity contribution < 1.29 is 0 Å². The Balaban J connectivity index is 0.000000126. The first-order valence-electron chi connectivity index (χ1n) is 6.47. The molecular weight excluding hydrogens is 320 g/mol. The monoisotopic (exact) mass is 332 g/mol. The minimum Gasteiger partial charge on any atom is -0.242 e. The number of fused-ring (bicyclic) bond motifs is 2. The quantitative estimate of drug-likeness (QED) is 0.403. The standard InChI is InChI=1S/C8H6ClNS.C8H7NS/c1-5-10-7-3-2-6(9)4-8(7)11-5;1-6-9-7-4-2-3-5-8(7)10-6/h2-4H,1H3;2-5H,1H3. The molecule has 0 radical (unpaired) electrons. The fourth-order valence-corrected chi connectivity index (χ4v) is 3.93. The van der Waals surface area contributed by atoms with Gasteiger partial charge < -0.3 is 0 Å². The van der Waals surface area contributed by atoms with Crippen LogP contribution in [0.1, 0.15) is 10.0 Å². The fraction of sp³-hybridized carbons (Fsp3) is 0.125. The number of hydrogen-bond donors (Lipinski definition) is 0. The molecule has 0 saturated heterocycles. The summed E-state index contributed by atoms with van der Waals surface area (Å²) in [6.45, 7) is 4.03. The summed E-state index contributed by atoms with van der Waals surface area (Å²) < 4.78 is 2.44. The topological polar surface area (TPSA) is 25.8 Å². The normalized spacial score (nSPS) is 10.6. The molecular formula is C16H13ClN2S2. The van der Waals surface area contributed by atoms with Gasteiger partial charge >= 0.3 is 0 Å². The molecule has 2 nitrogen and oxygen atoms in total. The molecule has 0 fully saturated rings. The number of hydrogen-bond acceptors (Lipinski definition) is 4. The summed E-state index contributed by atoms with van der Waals surface area (Å²) in [5, 5.41) is 3.00. The van der Waals surface area contributed by atoms with Crippen LogP contribution >= 0.6 is 34.3 Å². The molecule has 2 aromatic heterocycles. The molecule has 0 amide bonds. The average Bonchev–Trinajstić information content (AvgIpc) is 2.99. The lowest BCUT2D eigenvalue weighted by Crippen LogP contribution is -1.67. The van der Waals surface area contributed by atoms with Gasteiger partial charge in [-0.3, -0.25) is 0 Å². The zero-order valence-electron chi connectivity index (χ0n) is 11.6. The van der Waals surface area contributed by atoms with E-state index in [2.05, 4.69) is 16.0 Å². The van der Waals surface area contributed by atoms with Gasteiger partial charge in [-0.15, -0.1) is 22.7 Å². The third kappa shape index (κ3) is 3.40. The molecule has 2 heterocycles. The van der Waals surface area contributed by atoms with Crippen molar-refractivity contribution in [3.05, 3.63) is 57.5 Å². The Labute approximate surface area is 136 Å². The number of rotatable bonds is 0. The number of aryl methyl sites for hydroxylation is 2. The Morgan fingerprint density at radius 3 is 2.14 bits per heavy atom. The molecule has 4 aromatic rings. The average molecular weight is 333 g/mol. The van der Waals surface area contributed by atoms with Crippen molar-refractivity contribution in [1.29, 1.82) is 0 Å². The Morgan fingerprint density at radius 2 is 1.43 bits per heavy atom. The first-order valence-corrected chi connectivity index (χ1v) is 8.48. The molecule has 0 atom stereocenters. The zero-order chi connectivity index (χ0) is 14.8. The molecule has 0 N–H and O–H groups in total. The summed E-state index contributed by atoms with van der Waals surface area (Å²) in [4.78, 5) is 8.65. The third-order valence-electron chi connectivity index (χ3n) is 2.86. The van der Waals surface area contributed by atoms with Crippen LogP contribution in [0.15, 0.2) is 42.5 Å². The van der Waals surface area contributed by atoms with E-state index in [1.54, 1.807) is 22.7 Å². The van der Waals surface area contributed by atoms with Crippen molar-refractivity contribution in [2.75, 3.05) is 0 Å². The van der Waals surface area contributed by atoms with Crippen molar-refractivity contribution in [3.8, 4) is 0 Å². The molecule has 0 bridgehead atoms. The highest BCUT2D eigenvalue weighted by molar-refractivity contribution is 7.18. The maximum absolute atomic E-state index is 5.81. The number of nitrogens with zero attached hydrogens (tertiary/aromatic N) is 2. The fourth-order valence-electron chi connectivity index (χ4n) is 2.00. The Hall–Kier alpha value is -1.49. The van der Waals surface area contributed by atoms with E-state index in [-0.39, 0.29) is 0 Å². The van der Waals surface area contributed by atoms with Crippen LogP contribution in [0.3, 0.4) is 0 Å². The van der Waals surface area contributed by atoms with Gasteiger partial charge in [-0.25, -0.2) is 9.97 Å². The van der Waals surface area contributed by atoms with Gasteiger partial charge in [0.25, 0.3) is 0 Å². The van der Waals surface area contributed by atoms with Crippen molar-refractivity contribution >= 4 is 54.7 Å². The highest BCUT2D eigenvalue weighted by Gasteiger charge is 1.99. The van der Waals surface area contributed by atoms with E-state index < -0.39 is 0 Å². The van der Waals surface area contributed by atoms with Crippen LogP contribution < -0.4 is 0 Å². The lowest BCUT2D eigenvalue weighted by Gasteiger charge is -1.86. The van der Waals surface area contributed by atoms with E-state index >= 15 is 0 Å². The van der Waals surface area contributed by atoms with Gasteiger partial charge in [0.05, 0.1) is 30.4 Å². The van der Waals surface area contributed by atoms with Crippen molar-refractivity contribution in [1.82, 2.24) is 9.97 Å². The smallest absolute Gasteiger partial charge is 0.0907 e. The van der Waals surface area contributed by atoms with E-state index in [1.807, 2.05) is 50.2 Å². The summed E-state index contributed by atoms with van der Waals surface area (Å²) in [6.07, 6.45) is 0. The maximum Gasteiger partial charge on any atom is 0.0907 e. The number of benzene rings is 2. The van der Waals surface area contributed by atoms with Gasteiger partial charge in [0.1, 0.15) is 0 Å². The number of aromatic nitrogens is 2. The Morgan fingerprint density at radius 1 is 0.810 bits per heavy atom. The second-order valence-electron chi connectivity index (χ2n) is 4.55. The van der Waals surface area contributed by atoms with Gasteiger partial charge in [0, 0.05) is 5.02 Å². The summed E-state index contributed by atoms with van der Waals surface area (Å²) in [5.74, 6) is 0.